The van der Waals surface area contributed by atoms with Gasteiger partial charge in [-0.15, -0.1) is 13.2 Å². The molecule has 1 aromatic carbocycles. The molecule has 0 bridgehead atoms. The van der Waals surface area contributed by atoms with Crippen LogP contribution in [0.5, 0.6) is 5.75 Å². The average Bonchev–Trinajstić information content (AvgIpc) is 2.85. The van der Waals surface area contributed by atoms with Crippen molar-refractivity contribution < 1.29 is 17.9 Å². The zero-order valence-corrected chi connectivity index (χ0v) is 8.55. The first-order chi connectivity index (χ1) is 7.36. The van der Waals surface area contributed by atoms with Gasteiger partial charge in [-0.05, 0) is 37.0 Å². The average molecular weight is 231 g/mol. The Morgan fingerprint density at radius 1 is 1.19 bits per heavy atom. The summed E-state index contributed by atoms with van der Waals surface area (Å²) in [5, 5.41) is 0. The summed E-state index contributed by atoms with van der Waals surface area (Å²) in [5.74, 6) is -0.196. The van der Waals surface area contributed by atoms with Gasteiger partial charge in [0.25, 0.3) is 0 Å². The second-order valence-electron chi connectivity index (χ2n) is 4.23. The maximum absolute atomic E-state index is 11.9. The number of rotatable bonds is 3. The molecule has 0 aliphatic heterocycles. The Labute approximate surface area is 91.2 Å². The van der Waals surface area contributed by atoms with Crippen LogP contribution < -0.4 is 10.5 Å². The van der Waals surface area contributed by atoms with Gasteiger partial charge in [-0.1, -0.05) is 12.1 Å². The molecule has 0 radical (unpaired) electrons. The largest absolute Gasteiger partial charge is 0.573 e. The van der Waals surface area contributed by atoms with Crippen LogP contribution >= 0.6 is 0 Å². The Kier molecular flexibility index (Phi) is 2.58. The molecule has 1 fully saturated rings. The highest BCUT2D eigenvalue weighted by Crippen LogP contribution is 2.35. The third-order valence-electron chi connectivity index (χ3n) is 2.61. The molecule has 0 aromatic heterocycles. The van der Waals surface area contributed by atoms with Crippen molar-refractivity contribution in [2.45, 2.75) is 31.2 Å². The Bertz CT molecular complexity index is 342. The lowest BCUT2D eigenvalue weighted by molar-refractivity contribution is -0.274. The molecule has 88 valence electrons. The van der Waals surface area contributed by atoms with E-state index >= 15 is 0 Å². The molecule has 5 heteroatoms. The van der Waals surface area contributed by atoms with Crippen molar-refractivity contribution in [1.82, 2.24) is 0 Å². The lowest BCUT2D eigenvalue weighted by atomic mass is 10.1. The predicted octanol–water partition coefficient (Wildman–Crippen LogP) is 2.62. The molecule has 2 N–H and O–H groups in total. The Hall–Kier alpha value is -1.23. The number of hydrogen-bond donors (Lipinski definition) is 1. The third kappa shape index (κ3) is 3.13. The molecule has 1 aromatic rings. The second-order valence-corrected chi connectivity index (χ2v) is 4.23. The lowest BCUT2D eigenvalue weighted by Crippen LogP contribution is -2.24. The Morgan fingerprint density at radius 3 is 2.19 bits per heavy atom. The van der Waals surface area contributed by atoms with Crippen LogP contribution in [0.15, 0.2) is 24.3 Å². The van der Waals surface area contributed by atoms with Gasteiger partial charge in [0.15, 0.2) is 0 Å². The van der Waals surface area contributed by atoms with Gasteiger partial charge >= 0.3 is 6.36 Å². The van der Waals surface area contributed by atoms with E-state index in [0.717, 1.165) is 18.4 Å². The summed E-state index contributed by atoms with van der Waals surface area (Å²) in [6, 6.07) is 5.87. The maximum atomic E-state index is 11.9. The van der Waals surface area contributed by atoms with E-state index in [9.17, 15) is 13.2 Å². The van der Waals surface area contributed by atoms with E-state index < -0.39 is 6.36 Å². The normalized spacial score (nSPS) is 18.2. The Balaban J connectivity index is 1.99. The first kappa shape index (κ1) is 11.3. The zero-order valence-electron chi connectivity index (χ0n) is 8.55. The highest BCUT2D eigenvalue weighted by molar-refractivity contribution is 5.29. The number of alkyl halides is 3. The second kappa shape index (κ2) is 3.66. The fourth-order valence-electron chi connectivity index (χ4n) is 1.55. The summed E-state index contributed by atoms with van der Waals surface area (Å²) in [7, 11) is 0. The fraction of sp³-hybridized carbons (Fsp3) is 0.455. The molecule has 0 spiro atoms. The minimum absolute atomic E-state index is 0.133. The van der Waals surface area contributed by atoms with Gasteiger partial charge in [-0.3, -0.25) is 0 Å². The summed E-state index contributed by atoms with van der Waals surface area (Å²) >= 11 is 0. The number of benzene rings is 1. The number of ether oxygens (including phenoxy) is 1. The summed E-state index contributed by atoms with van der Waals surface area (Å²) in [6.07, 6.45) is -1.96. The molecule has 0 heterocycles. The standard InChI is InChI=1S/C11H12F3NO/c12-11(13,14)16-9-3-1-8(2-4-9)7-10(15)5-6-10/h1-4H,5-7,15H2. The van der Waals surface area contributed by atoms with E-state index in [4.69, 9.17) is 5.73 Å². The van der Waals surface area contributed by atoms with Gasteiger partial charge in [-0.2, -0.15) is 0 Å². The van der Waals surface area contributed by atoms with Crippen LogP contribution in [0.2, 0.25) is 0 Å². The molecule has 0 saturated heterocycles. The number of hydrogen-bond acceptors (Lipinski definition) is 2. The van der Waals surface area contributed by atoms with Gasteiger partial charge in [0, 0.05) is 5.54 Å². The van der Waals surface area contributed by atoms with E-state index in [1.165, 1.54) is 12.1 Å². The van der Waals surface area contributed by atoms with Crippen molar-refractivity contribution in [2.75, 3.05) is 0 Å². The van der Waals surface area contributed by atoms with Gasteiger partial charge in [0.05, 0.1) is 0 Å². The first-order valence-electron chi connectivity index (χ1n) is 5.00. The SMILES string of the molecule is NC1(Cc2ccc(OC(F)(F)F)cc2)CC1. The smallest absolute Gasteiger partial charge is 0.406 e. The fourth-order valence-corrected chi connectivity index (χ4v) is 1.55. The first-order valence-corrected chi connectivity index (χ1v) is 5.00. The van der Waals surface area contributed by atoms with E-state index in [2.05, 4.69) is 4.74 Å². The lowest BCUT2D eigenvalue weighted by Gasteiger charge is -2.11. The zero-order chi connectivity index (χ0) is 11.8. The summed E-state index contributed by atoms with van der Waals surface area (Å²) < 4.78 is 39.4. The van der Waals surface area contributed by atoms with Crippen LogP contribution in [0.4, 0.5) is 13.2 Å². The summed E-state index contributed by atoms with van der Waals surface area (Å²) in [5.41, 5.74) is 6.71. The van der Waals surface area contributed by atoms with Crippen molar-refractivity contribution in [3.05, 3.63) is 29.8 Å². The number of nitrogens with two attached hydrogens (primary N) is 1. The molecule has 2 rings (SSSR count). The van der Waals surface area contributed by atoms with E-state index in [0.29, 0.717) is 6.42 Å². The summed E-state index contributed by atoms with van der Waals surface area (Å²) in [4.78, 5) is 0. The minimum atomic E-state index is -4.63. The molecule has 1 aliphatic rings. The molecular formula is C11H12F3NO. The molecule has 1 aliphatic carbocycles. The van der Waals surface area contributed by atoms with Crippen LogP contribution in [0, 0.1) is 0 Å². The topological polar surface area (TPSA) is 35.2 Å². The van der Waals surface area contributed by atoms with Crippen molar-refractivity contribution in [1.29, 1.82) is 0 Å². The van der Waals surface area contributed by atoms with Crippen LogP contribution in [0.25, 0.3) is 0 Å². The molecule has 2 nitrogen and oxygen atoms in total. The van der Waals surface area contributed by atoms with Crippen molar-refractivity contribution in [2.24, 2.45) is 5.73 Å². The van der Waals surface area contributed by atoms with E-state index in [1.807, 2.05) is 0 Å². The van der Waals surface area contributed by atoms with Crippen LogP contribution in [0.1, 0.15) is 18.4 Å². The molecule has 0 unspecified atom stereocenters. The molecular weight excluding hydrogens is 219 g/mol. The molecule has 0 atom stereocenters. The van der Waals surface area contributed by atoms with Crippen molar-refractivity contribution in [3.8, 4) is 5.75 Å². The van der Waals surface area contributed by atoms with Gasteiger partial charge in [0.2, 0.25) is 0 Å². The maximum Gasteiger partial charge on any atom is 0.573 e. The molecule has 1 saturated carbocycles. The predicted molar refractivity (Wildman–Crippen MR) is 53.0 cm³/mol. The van der Waals surface area contributed by atoms with Crippen LogP contribution in [-0.4, -0.2) is 11.9 Å². The van der Waals surface area contributed by atoms with Gasteiger partial charge in [0.1, 0.15) is 5.75 Å². The highest BCUT2D eigenvalue weighted by atomic mass is 19.4. The van der Waals surface area contributed by atoms with Gasteiger partial charge in [-0.25, -0.2) is 0 Å². The van der Waals surface area contributed by atoms with Gasteiger partial charge < -0.3 is 10.5 Å². The van der Waals surface area contributed by atoms with Crippen LogP contribution in [-0.2, 0) is 6.42 Å². The molecule has 0 amide bonds. The van der Waals surface area contributed by atoms with Crippen LogP contribution in [0.3, 0.4) is 0 Å². The Morgan fingerprint density at radius 2 is 1.75 bits per heavy atom. The van der Waals surface area contributed by atoms with E-state index in [-0.39, 0.29) is 11.3 Å². The summed E-state index contributed by atoms with van der Waals surface area (Å²) in [6.45, 7) is 0. The van der Waals surface area contributed by atoms with Crippen molar-refractivity contribution in [3.63, 3.8) is 0 Å². The minimum Gasteiger partial charge on any atom is -0.406 e. The number of halogens is 3. The van der Waals surface area contributed by atoms with E-state index in [1.54, 1.807) is 12.1 Å². The van der Waals surface area contributed by atoms with Crippen molar-refractivity contribution >= 4 is 0 Å². The highest BCUT2D eigenvalue weighted by Gasteiger charge is 2.38. The monoisotopic (exact) mass is 231 g/mol. The quantitative estimate of drug-likeness (QED) is 0.867. The molecule has 16 heavy (non-hydrogen) atoms. The third-order valence-corrected chi connectivity index (χ3v) is 2.61.